The van der Waals surface area contributed by atoms with Gasteiger partial charge in [-0.15, -0.1) is 12.4 Å². The molecule has 4 nitrogen and oxygen atoms in total. The number of hydrogen-bond donors (Lipinski definition) is 2. The maximum atomic E-state index is 12.2. The van der Waals surface area contributed by atoms with Gasteiger partial charge >= 0.3 is 0 Å². The number of ether oxygens (including phenoxy) is 1. The fourth-order valence-electron chi connectivity index (χ4n) is 4.10. The minimum absolute atomic E-state index is 0. The second-order valence-electron chi connectivity index (χ2n) is 6.83. The molecule has 2 bridgehead atoms. The zero-order valence-corrected chi connectivity index (χ0v) is 16.2. The molecule has 24 heavy (non-hydrogen) atoms. The van der Waals surface area contributed by atoms with Crippen molar-refractivity contribution in [3.63, 3.8) is 0 Å². The number of benzene rings is 1. The van der Waals surface area contributed by atoms with Crippen LogP contribution in [0.5, 0.6) is 5.75 Å². The molecule has 2 saturated carbocycles. The van der Waals surface area contributed by atoms with Crippen LogP contribution in [0, 0.1) is 11.8 Å². The number of amides is 1. The number of nitrogens with one attached hydrogen (secondary N) is 1. The van der Waals surface area contributed by atoms with Crippen LogP contribution in [-0.2, 0) is 4.79 Å². The van der Waals surface area contributed by atoms with E-state index < -0.39 is 0 Å². The molecule has 2 fully saturated rings. The topological polar surface area (TPSA) is 64.3 Å². The van der Waals surface area contributed by atoms with Crippen molar-refractivity contribution in [3.05, 3.63) is 28.7 Å². The molecule has 1 aromatic rings. The minimum atomic E-state index is 0. The van der Waals surface area contributed by atoms with E-state index in [9.17, 15) is 4.79 Å². The van der Waals surface area contributed by atoms with E-state index in [0.29, 0.717) is 36.9 Å². The van der Waals surface area contributed by atoms with E-state index >= 15 is 0 Å². The normalized spacial score (nSPS) is 28.6. The number of carbonyl (C=O) groups excluding carboxylic acids is 1. The molecule has 3 rings (SSSR count). The van der Waals surface area contributed by atoms with Gasteiger partial charge in [-0.3, -0.25) is 4.79 Å². The summed E-state index contributed by atoms with van der Waals surface area (Å²) in [5.41, 5.74) is 6.14. The van der Waals surface area contributed by atoms with Gasteiger partial charge in [0.25, 0.3) is 0 Å². The van der Waals surface area contributed by atoms with E-state index in [1.165, 1.54) is 19.3 Å². The summed E-state index contributed by atoms with van der Waals surface area (Å²) in [4.78, 5) is 12.2. The standard InChI is InChI=1S/C18H25BrN2O2.ClH/c19-14-5-2-6-16(11-14)23-8-7-17(22)21-18-12-3-1-4-13(18)10-15(20)9-12;/h2,5-6,11-13,15,18H,1,3-4,7-10,20H2,(H,21,22);1H. The van der Waals surface area contributed by atoms with Gasteiger partial charge in [0.05, 0.1) is 13.0 Å². The Labute approximate surface area is 158 Å². The van der Waals surface area contributed by atoms with E-state index in [0.717, 1.165) is 23.1 Å². The summed E-state index contributed by atoms with van der Waals surface area (Å²) in [6, 6.07) is 8.32. The van der Waals surface area contributed by atoms with Crippen molar-refractivity contribution in [2.24, 2.45) is 17.6 Å². The summed E-state index contributed by atoms with van der Waals surface area (Å²) >= 11 is 3.41. The van der Waals surface area contributed by atoms with Crippen molar-refractivity contribution in [2.45, 2.75) is 50.6 Å². The first kappa shape index (κ1) is 19.5. The molecule has 0 aliphatic heterocycles. The first-order valence-electron chi connectivity index (χ1n) is 8.55. The van der Waals surface area contributed by atoms with E-state index in [2.05, 4.69) is 21.2 Å². The van der Waals surface area contributed by atoms with E-state index in [4.69, 9.17) is 10.5 Å². The van der Waals surface area contributed by atoms with Gasteiger partial charge in [0.1, 0.15) is 5.75 Å². The fraction of sp³-hybridized carbons (Fsp3) is 0.611. The van der Waals surface area contributed by atoms with Gasteiger partial charge in [-0.2, -0.15) is 0 Å². The Bertz CT molecular complexity index is 544. The highest BCUT2D eigenvalue weighted by Gasteiger charge is 2.39. The van der Waals surface area contributed by atoms with Crippen molar-refractivity contribution in [1.82, 2.24) is 5.32 Å². The average molecular weight is 418 g/mol. The van der Waals surface area contributed by atoms with Crippen molar-refractivity contribution < 1.29 is 9.53 Å². The Morgan fingerprint density at radius 2 is 2.00 bits per heavy atom. The lowest BCUT2D eigenvalue weighted by Gasteiger charge is -2.45. The smallest absolute Gasteiger partial charge is 0.223 e. The number of rotatable bonds is 5. The molecule has 0 saturated heterocycles. The third-order valence-corrected chi connectivity index (χ3v) is 5.59. The Morgan fingerprint density at radius 3 is 2.67 bits per heavy atom. The monoisotopic (exact) mass is 416 g/mol. The molecule has 1 aromatic carbocycles. The van der Waals surface area contributed by atoms with Crippen molar-refractivity contribution in [1.29, 1.82) is 0 Å². The second-order valence-corrected chi connectivity index (χ2v) is 7.75. The van der Waals surface area contributed by atoms with Gasteiger partial charge in [-0.05, 0) is 55.7 Å². The molecule has 2 atom stereocenters. The first-order chi connectivity index (χ1) is 11.1. The number of nitrogens with two attached hydrogens (primary N) is 1. The van der Waals surface area contributed by atoms with Crippen LogP contribution < -0.4 is 15.8 Å². The number of fused-ring (bicyclic) bond motifs is 2. The molecule has 2 unspecified atom stereocenters. The number of hydrogen-bond acceptors (Lipinski definition) is 3. The predicted octanol–water partition coefficient (Wildman–Crippen LogP) is 3.66. The second kappa shape index (κ2) is 9.07. The zero-order valence-electron chi connectivity index (χ0n) is 13.7. The van der Waals surface area contributed by atoms with Crippen LogP contribution in [-0.4, -0.2) is 24.6 Å². The molecule has 2 aliphatic carbocycles. The summed E-state index contributed by atoms with van der Waals surface area (Å²) in [6.45, 7) is 0.407. The quantitative estimate of drug-likeness (QED) is 0.768. The van der Waals surface area contributed by atoms with Gasteiger partial charge < -0.3 is 15.8 Å². The Hall–Kier alpha value is -0.780. The highest BCUT2D eigenvalue weighted by Crippen LogP contribution is 2.39. The summed E-state index contributed by atoms with van der Waals surface area (Å²) in [7, 11) is 0. The Balaban J connectivity index is 0.00000208. The maximum absolute atomic E-state index is 12.2. The SMILES string of the molecule is Cl.NC1CC2CCCC(C1)C2NC(=O)CCOc1cccc(Br)c1. The largest absolute Gasteiger partial charge is 0.493 e. The average Bonchev–Trinajstić information content (AvgIpc) is 2.48. The molecule has 0 radical (unpaired) electrons. The minimum Gasteiger partial charge on any atom is -0.493 e. The molecular formula is C18H26BrClN2O2. The summed E-state index contributed by atoms with van der Waals surface area (Å²) < 4.78 is 6.62. The van der Waals surface area contributed by atoms with Crippen molar-refractivity contribution in [3.8, 4) is 5.75 Å². The third-order valence-electron chi connectivity index (χ3n) is 5.10. The van der Waals surface area contributed by atoms with Crippen LogP contribution in [0.4, 0.5) is 0 Å². The van der Waals surface area contributed by atoms with Crippen LogP contribution in [0.2, 0.25) is 0 Å². The van der Waals surface area contributed by atoms with Crippen molar-refractivity contribution >= 4 is 34.2 Å². The number of carbonyl (C=O) groups is 1. The van der Waals surface area contributed by atoms with Gasteiger partial charge in [-0.1, -0.05) is 28.4 Å². The molecule has 2 aliphatic rings. The van der Waals surface area contributed by atoms with Crippen LogP contribution in [0.1, 0.15) is 38.5 Å². The highest BCUT2D eigenvalue weighted by atomic mass is 79.9. The van der Waals surface area contributed by atoms with Gasteiger partial charge in [-0.25, -0.2) is 0 Å². The lowest BCUT2D eigenvalue weighted by Crippen LogP contribution is -2.53. The van der Waals surface area contributed by atoms with Crippen LogP contribution in [0.25, 0.3) is 0 Å². The molecule has 0 heterocycles. The first-order valence-corrected chi connectivity index (χ1v) is 9.34. The number of halogens is 2. The third kappa shape index (κ3) is 5.11. The fourth-order valence-corrected chi connectivity index (χ4v) is 4.48. The Kier molecular flexibility index (Phi) is 7.38. The maximum Gasteiger partial charge on any atom is 0.223 e. The van der Waals surface area contributed by atoms with Gasteiger partial charge in [0, 0.05) is 16.6 Å². The summed E-state index contributed by atoms with van der Waals surface area (Å²) in [5.74, 6) is 2.00. The summed E-state index contributed by atoms with van der Waals surface area (Å²) in [5, 5.41) is 3.26. The predicted molar refractivity (Wildman–Crippen MR) is 101 cm³/mol. The van der Waals surface area contributed by atoms with E-state index in [-0.39, 0.29) is 18.3 Å². The Morgan fingerprint density at radius 1 is 1.29 bits per heavy atom. The molecule has 134 valence electrons. The van der Waals surface area contributed by atoms with Crippen molar-refractivity contribution in [2.75, 3.05) is 6.61 Å². The van der Waals surface area contributed by atoms with E-state index in [1.54, 1.807) is 0 Å². The molecule has 3 N–H and O–H groups in total. The molecule has 6 heteroatoms. The van der Waals surface area contributed by atoms with Crippen LogP contribution >= 0.6 is 28.3 Å². The van der Waals surface area contributed by atoms with Gasteiger partial charge in [0.2, 0.25) is 5.91 Å². The van der Waals surface area contributed by atoms with Gasteiger partial charge in [0.15, 0.2) is 0 Å². The molecule has 1 amide bonds. The molecule has 0 spiro atoms. The lowest BCUT2D eigenvalue weighted by molar-refractivity contribution is -0.123. The van der Waals surface area contributed by atoms with E-state index in [1.807, 2.05) is 24.3 Å². The lowest BCUT2D eigenvalue weighted by atomic mass is 9.67. The zero-order chi connectivity index (χ0) is 16.2. The highest BCUT2D eigenvalue weighted by molar-refractivity contribution is 9.10. The van der Waals surface area contributed by atoms with Crippen LogP contribution in [0.15, 0.2) is 28.7 Å². The van der Waals surface area contributed by atoms with Crippen LogP contribution in [0.3, 0.4) is 0 Å². The summed E-state index contributed by atoms with van der Waals surface area (Å²) in [6.07, 6.45) is 6.17. The molecular weight excluding hydrogens is 392 g/mol. The molecule has 0 aromatic heterocycles.